The van der Waals surface area contributed by atoms with Crippen molar-refractivity contribution in [1.82, 2.24) is 4.90 Å². The maximum absolute atomic E-state index is 12.3. The maximum atomic E-state index is 12.3. The summed E-state index contributed by atoms with van der Waals surface area (Å²) in [4.78, 5) is 28.3. The zero-order valence-electron chi connectivity index (χ0n) is 14.0. The molecule has 4 nitrogen and oxygen atoms in total. The van der Waals surface area contributed by atoms with Gasteiger partial charge in [0.15, 0.2) is 0 Å². The molecule has 0 N–H and O–H groups in total. The van der Waals surface area contributed by atoms with Crippen LogP contribution in [0.15, 0.2) is 18.2 Å². The van der Waals surface area contributed by atoms with Crippen molar-refractivity contribution in [2.45, 2.75) is 44.9 Å². The molecule has 122 valence electrons. The Balaban J connectivity index is 1.61. The minimum atomic E-state index is 0.0351. The van der Waals surface area contributed by atoms with Crippen LogP contribution in [0.4, 0.5) is 5.69 Å². The highest BCUT2D eigenvalue weighted by molar-refractivity contribution is 5.95. The van der Waals surface area contributed by atoms with Gasteiger partial charge in [-0.15, -0.1) is 0 Å². The van der Waals surface area contributed by atoms with Gasteiger partial charge in [0.2, 0.25) is 11.8 Å². The topological polar surface area (TPSA) is 40.6 Å². The Kier molecular flexibility index (Phi) is 3.26. The van der Waals surface area contributed by atoms with E-state index in [1.165, 1.54) is 11.1 Å². The molecule has 4 heteroatoms. The van der Waals surface area contributed by atoms with Gasteiger partial charge in [0.1, 0.15) is 0 Å². The lowest BCUT2D eigenvalue weighted by Gasteiger charge is -2.40. The number of aryl methyl sites for hydroxylation is 1. The van der Waals surface area contributed by atoms with Crippen LogP contribution < -0.4 is 4.90 Å². The van der Waals surface area contributed by atoms with Gasteiger partial charge >= 0.3 is 0 Å². The van der Waals surface area contributed by atoms with Gasteiger partial charge in [-0.1, -0.05) is 17.7 Å². The lowest BCUT2D eigenvalue weighted by Crippen LogP contribution is -2.48. The van der Waals surface area contributed by atoms with Crippen LogP contribution in [-0.4, -0.2) is 36.3 Å². The second kappa shape index (κ2) is 5.08. The number of carbonyl (C=O) groups excluding carboxylic acids is 2. The predicted molar refractivity (Wildman–Crippen MR) is 89.4 cm³/mol. The van der Waals surface area contributed by atoms with Crippen LogP contribution in [0.2, 0.25) is 0 Å². The number of benzene rings is 1. The molecular formula is C19H24N2O2. The molecule has 1 saturated carbocycles. The third kappa shape index (κ3) is 2.35. The number of hydrogen-bond acceptors (Lipinski definition) is 2. The molecule has 3 aliphatic rings. The van der Waals surface area contributed by atoms with Gasteiger partial charge in [-0.05, 0) is 44.2 Å². The lowest BCUT2D eigenvalue weighted by atomic mass is 9.74. The standard InChI is InChI=1S/C19H24N2O2/c1-13-3-6-17-16(11-13)19(12-21(17)14(2)22)7-9-20(10-8-19)18(23)15-4-5-15/h3,6,11,15H,4-5,7-10,12H2,1-2H3. The summed E-state index contributed by atoms with van der Waals surface area (Å²) in [5.41, 5.74) is 3.66. The molecule has 1 spiro atoms. The third-order valence-corrected chi connectivity index (χ3v) is 5.81. The summed E-state index contributed by atoms with van der Waals surface area (Å²) in [6.45, 7) is 6.18. The van der Waals surface area contributed by atoms with E-state index in [1.54, 1.807) is 6.92 Å². The van der Waals surface area contributed by atoms with Crippen LogP contribution in [0.3, 0.4) is 0 Å². The number of fused-ring (bicyclic) bond motifs is 2. The summed E-state index contributed by atoms with van der Waals surface area (Å²) in [7, 11) is 0. The number of likely N-dealkylation sites (tertiary alicyclic amines) is 1. The van der Waals surface area contributed by atoms with Crippen molar-refractivity contribution in [2.75, 3.05) is 24.5 Å². The van der Waals surface area contributed by atoms with Crippen LogP contribution in [0.1, 0.15) is 43.7 Å². The van der Waals surface area contributed by atoms with E-state index < -0.39 is 0 Å². The van der Waals surface area contributed by atoms with E-state index in [2.05, 4.69) is 30.0 Å². The van der Waals surface area contributed by atoms with E-state index >= 15 is 0 Å². The summed E-state index contributed by atoms with van der Waals surface area (Å²) < 4.78 is 0. The van der Waals surface area contributed by atoms with Gasteiger partial charge in [0, 0.05) is 43.6 Å². The van der Waals surface area contributed by atoms with Gasteiger partial charge in [-0.3, -0.25) is 9.59 Å². The maximum Gasteiger partial charge on any atom is 0.225 e. The molecule has 0 unspecified atom stereocenters. The Bertz CT molecular complexity index is 670. The molecule has 1 aromatic carbocycles. The first-order chi connectivity index (χ1) is 11.0. The van der Waals surface area contributed by atoms with E-state index in [-0.39, 0.29) is 11.3 Å². The third-order valence-electron chi connectivity index (χ3n) is 5.81. The number of nitrogens with zero attached hydrogens (tertiary/aromatic N) is 2. The Labute approximate surface area is 137 Å². The highest BCUT2D eigenvalue weighted by Gasteiger charge is 2.47. The summed E-state index contributed by atoms with van der Waals surface area (Å²) in [6, 6.07) is 6.42. The molecule has 2 heterocycles. The first-order valence-electron chi connectivity index (χ1n) is 8.68. The van der Waals surface area contributed by atoms with Crippen molar-refractivity contribution in [1.29, 1.82) is 0 Å². The lowest BCUT2D eigenvalue weighted by molar-refractivity contribution is -0.134. The fourth-order valence-corrected chi connectivity index (χ4v) is 4.24. The highest BCUT2D eigenvalue weighted by atomic mass is 16.2. The Hall–Kier alpha value is -1.84. The van der Waals surface area contributed by atoms with E-state index in [0.29, 0.717) is 11.8 Å². The summed E-state index contributed by atoms with van der Waals surface area (Å²) in [5.74, 6) is 0.769. The Morgan fingerprint density at radius 3 is 2.48 bits per heavy atom. The van der Waals surface area contributed by atoms with Crippen molar-refractivity contribution in [3.05, 3.63) is 29.3 Å². The fraction of sp³-hybridized carbons (Fsp3) is 0.579. The van der Waals surface area contributed by atoms with E-state index in [4.69, 9.17) is 0 Å². The molecule has 0 bridgehead atoms. The normalized spacial score (nSPS) is 22.3. The van der Waals surface area contributed by atoms with Gasteiger partial charge in [0.25, 0.3) is 0 Å². The van der Waals surface area contributed by atoms with Crippen molar-refractivity contribution < 1.29 is 9.59 Å². The average Bonchev–Trinajstić information content (AvgIpc) is 3.33. The highest BCUT2D eigenvalue weighted by Crippen LogP contribution is 2.47. The van der Waals surface area contributed by atoms with Gasteiger partial charge in [-0.25, -0.2) is 0 Å². The zero-order valence-corrected chi connectivity index (χ0v) is 14.0. The number of rotatable bonds is 1. The molecule has 1 aliphatic carbocycles. The Morgan fingerprint density at radius 1 is 1.17 bits per heavy atom. The molecular weight excluding hydrogens is 288 g/mol. The van der Waals surface area contributed by atoms with Crippen LogP contribution in [-0.2, 0) is 15.0 Å². The summed E-state index contributed by atoms with van der Waals surface area (Å²) >= 11 is 0. The smallest absolute Gasteiger partial charge is 0.225 e. The molecule has 2 amide bonds. The Morgan fingerprint density at radius 2 is 1.87 bits per heavy atom. The zero-order chi connectivity index (χ0) is 16.2. The number of hydrogen-bond donors (Lipinski definition) is 0. The fourth-order valence-electron chi connectivity index (χ4n) is 4.24. The predicted octanol–water partition coefficient (Wildman–Crippen LogP) is 2.63. The summed E-state index contributed by atoms with van der Waals surface area (Å²) in [6.07, 6.45) is 4.07. The molecule has 4 rings (SSSR count). The van der Waals surface area contributed by atoms with Crippen molar-refractivity contribution in [3.63, 3.8) is 0 Å². The van der Waals surface area contributed by atoms with Crippen molar-refractivity contribution >= 4 is 17.5 Å². The number of anilines is 1. The summed E-state index contributed by atoms with van der Waals surface area (Å²) in [5, 5.41) is 0. The van der Waals surface area contributed by atoms with Crippen LogP contribution >= 0.6 is 0 Å². The molecule has 0 atom stereocenters. The molecule has 1 saturated heterocycles. The minimum absolute atomic E-state index is 0.0351. The van der Waals surface area contributed by atoms with Gasteiger partial charge in [-0.2, -0.15) is 0 Å². The van der Waals surface area contributed by atoms with Gasteiger partial charge < -0.3 is 9.80 Å². The SMILES string of the molecule is CC(=O)N1CC2(CCN(C(=O)C3CC3)CC2)c2cc(C)ccc21. The number of piperidine rings is 1. The quantitative estimate of drug-likeness (QED) is 0.800. The van der Waals surface area contributed by atoms with E-state index in [9.17, 15) is 9.59 Å². The van der Waals surface area contributed by atoms with Crippen LogP contribution in [0.5, 0.6) is 0 Å². The second-order valence-electron chi connectivity index (χ2n) is 7.51. The first kappa shape index (κ1) is 14.7. The number of amides is 2. The second-order valence-corrected chi connectivity index (χ2v) is 7.51. The van der Waals surface area contributed by atoms with Crippen LogP contribution in [0.25, 0.3) is 0 Å². The molecule has 2 aliphatic heterocycles. The van der Waals surface area contributed by atoms with Crippen molar-refractivity contribution in [2.24, 2.45) is 5.92 Å². The van der Waals surface area contributed by atoms with E-state index in [0.717, 1.165) is 51.0 Å². The van der Waals surface area contributed by atoms with Crippen LogP contribution in [0, 0.1) is 12.8 Å². The largest absolute Gasteiger partial charge is 0.342 e. The molecule has 1 aromatic rings. The van der Waals surface area contributed by atoms with E-state index in [1.807, 2.05) is 4.90 Å². The van der Waals surface area contributed by atoms with Crippen molar-refractivity contribution in [3.8, 4) is 0 Å². The first-order valence-corrected chi connectivity index (χ1v) is 8.68. The molecule has 2 fully saturated rings. The monoisotopic (exact) mass is 312 g/mol. The van der Waals surface area contributed by atoms with Gasteiger partial charge in [0.05, 0.1) is 0 Å². The average molecular weight is 312 g/mol. The molecule has 0 aromatic heterocycles. The number of carbonyl (C=O) groups is 2. The molecule has 0 radical (unpaired) electrons. The molecule has 23 heavy (non-hydrogen) atoms. The minimum Gasteiger partial charge on any atom is -0.342 e.